The molecule has 0 spiro atoms. The van der Waals surface area contributed by atoms with Crippen LogP contribution in [0.3, 0.4) is 0 Å². The fourth-order valence-electron chi connectivity index (χ4n) is 1.77. The van der Waals surface area contributed by atoms with Gasteiger partial charge in [0.15, 0.2) is 0 Å². The van der Waals surface area contributed by atoms with Crippen molar-refractivity contribution < 1.29 is 9.18 Å². The van der Waals surface area contributed by atoms with Crippen molar-refractivity contribution in [1.82, 2.24) is 0 Å². The van der Waals surface area contributed by atoms with Gasteiger partial charge in [-0.25, -0.2) is 4.39 Å². The molecule has 2 N–H and O–H groups in total. The summed E-state index contributed by atoms with van der Waals surface area (Å²) in [6.07, 6.45) is 0. The Hall–Kier alpha value is -2.07. The third-order valence-electron chi connectivity index (χ3n) is 2.90. The number of halogens is 2. The van der Waals surface area contributed by atoms with E-state index in [4.69, 9.17) is 11.6 Å². The van der Waals surface area contributed by atoms with Crippen LogP contribution in [0.2, 0.25) is 5.02 Å². The van der Waals surface area contributed by atoms with Crippen molar-refractivity contribution in [3.8, 4) is 0 Å². The molecule has 2 rings (SSSR count). The van der Waals surface area contributed by atoms with Crippen LogP contribution in [0.15, 0.2) is 36.4 Å². The highest BCUT2D eigenvalue weighted by molar-refractivity contribution is 6.34. The van der Waals surface area contributed by atoms with Crippen molar-refractivity contribution in [2.45, 2.75) is 6.92 Å². The molecule has 0 aliphatic carbocycles. The van der Waals surface area contributed by atoms with E-state index in [1.165, 1.54) is 6.07 Å². The molecule has 0 saturated carbocycles. The Balaban J connectivity index is 2.26. The lowest BCUT2D eigenvalue weighted by molar-refractivity contribution is 0.102. The van der Waals surface area contributed by atoms with Crippen LogP contribution in [0.4, 0.5) is 15.8 Å². The Morgan fingerprint density at radius 3 is 2.60 bits per heavy atom. The molecule has 2 aromatic rings. The lowest BCUT2D eigenvalue weighted by Crippen LogP contribution is -2.13. The second-order valence-corrected chi connectivity index (χ2v) is 4.77. The third-order valence-corrected chi connectivity index (χ3v) is 3.21. The van der Waals surface area contributed by atoms with Crippen molar-refractivity contribution in [2.24, 2.45) is 0 Å². The monoisotopic (exact) mass is 292 g/mol. The molecule has 0 bridgehead atoms. The van der Waals surface area contributed by atoms with E-state index in [2.05, 4.69) is 10.6 Å². The maximum atomic E-state index is 13.5. The van der Waals surface area contributed by atoms with Gasteiger partial charge in [0.2, 0.25) is 0 Å². The van der Waals surface area contributed by atoms with E-state index in [9.17, 15) is 9.18 Å². The van der Waals surface area contributed by atoms with Gasteiger partial charge in [0.05, 0.1) is 10.6 Å². The van der Waals surface area contributed by atoms with E-state index >= 15 is 0 Å². The minimum atomic E-state index is -0.455. The number of aryl methyl sites for hydroxylation is 1. The van der Waals surface area contributed by atoms with Gasteiger partial charge in [0, 0.05) is 18.4 Å². The number of hydrogen-bond donors (Lipinski definition) is 2. The first-order chi connectivity index (χ1) is 9.51. The summed E-state index contributed by atoms with van der Waals surface area (Å²) in [5, 5.41) is 5.89. The molecule has 0 radical (unpaired) electrons. The molecule has 0 fully saturated rings. The Kier molecular flexibility index (Phi) is 4.25. The molecule has 0 atom stereocenters. The first kappa shape index (κ1) is 14.3. The van der Waals surface area contributed by atoms with E-state index < -0.39 is 11.7 Å². The van der Waals surface area contributed by atoms with E-state index in [1.807, 2.05) is 6.07 Å². The number of amides is 1. The Morgan fingerprint density at radius 2 is 1.90 bits per heavy atom. The summed E-state index contributed by atoms with van der Waals surface area (Å²) in [6, 6.07) is 9.78. The molecule has 5 heteroatoms. The largest absolute Gasteiger partial charge is 0.388 e. The van der Waals surface area contributed by atoms with E-state index in [0.717, 1.165) is 11.8 Å². The van der Waals surface area contributed by atoms with Crippen molar-refractivity contribution in [2.75, 3.05) is 17.7 Å². The molecular formula is C15H14ClFN2O. The number of nitrogens with one attached hydrogen (secondary N) is 2. The summed E-state index contributed by atoms with van der Waals surface area (Å²) in [7, 11) is 1.78. The third kappa shape index (κ3) is 3.08. The number of carbonyl (C=O) groups is 1. The van der Waals surface area contributed by atoms with Crippen molar-refractivity contribution in [3.63, 3.8) is 0 Å². The van der Waals surface area contributed by atoms with Crippen LogP contribution >= 0.6 is 11.6 Å². The molecular weight excluding hydrogens is 279 g/mol. The van der Waals surface area contributed by atoms with Crippen molar-refractivity contribution >= 4 is 28.9 Å². The number of carbonyl (C=O) groups excluding carboxylic acids is 1. The maximum Gasteiger partial charge on any atom is 0.257 e. The average Bonchev–Trinajstić information content (AvgIpc) is 2.43. The van der Waals surface area contributed by atoms with Gasteiger partial charge in [-0.05, 0) is 42.8 Å². The average molecular weight is 293 g/mol. The summed E-state index contributed by atoms with van der Waals surface area (Å²) in [5.74, 6) is -0.898. The van der Waals surface area contributed by atoms with Crippen LogP contribution in [-0.2, 0) is 0 Å². The highest BCUT2D eigenvalue weighted by atomic mass is 35.5. The zero-order valence-corrected chi connectivity index (χ0v) is 11.9. The van der Waals surface area contributed by atoms with Gasteiger partial charge in [-0.2, -0.15) is 0 Å². The summed E-state index contributed by atoms with van der Waals surface area (Å²) in [5.41, 5.74) is 2.00. The molecule has 20 heavy (non-hydrogen) atoms. The van der Waals surface area contributed by atoms with Gasteiger partial charge in [-0.15, -0.1) is 0 Å². The number of rotatable bonds is 3. The molecule has 2 aromatic carbocycles. The van der Waals surface area contributed by atoms with Gasteiger partial charge in [-0.1, -0.05) is 17.7 Å². The normalized spacial score (nSPS) is 10.2. The van der Waals surface area contributed by atoms with Crippen LogP contribution in [0, 0.1) is 12.7 Å². The van der Waals surface area contributed by atoms with Crippen LogP contribution in [0.25, 0.3) is 0 Å². The number of anilines is 2. The van der Waals surface area contributed by atoms with Gasteiger partial charge in [0.25, 0.3) is 5.91 Å². The first-order valence-corrected chi connectivity index (χ1v) is 6.44. The zero-order valence-electron chi connectivity index (χ0n) is 11.1. The lowest BCUT2D eigenvalue weighted by atomic mass is 10.1. The maximum absolute atomic E-state index is 13.5. The summed E-state index contributed by atoms with van der Waals surface area (Å²) >= 11 is 5.98. The van der Waals surface area contributed by atoms with Crippen LogP contribution < -0.4 is 10.6 Å². The fourth-order valence-corrected chi connectivity index (χ4v) is 2.08. The molecule has 0 heterocycles. The van der Waals surface area contributed by atoms with E-state index in [0.29, 0.717) is 11.3 Å². The van der Waals surface area contributed by atoms with Gasteiger partial charge < -0.3 is 10.6 Å². The van der Waals surface area contributed by atoms with Gasteiger partial charge >= 0.3 is 0 Å². The minimum Gasteiger partial charge on any atom is -0.388 e. The topological polar surface area (TPSA) is 41.1 Å². The number of benzene rings is 2. The van der Waals surface area contributed by atoms with Crippen molar-refractivity contribution in [3.05, 3.63) is 58.4 Å². The Labute approximate surface area is 121 Å². The summed E-state index contributed by atoms with van der Waals surface area (Å²) < 4.78 is 13.5. The molecule has 0 unspecified atom stereocenters. The van der Waals surface area contributed by atoms with Crippen LogP contribution in [0.1, 0.15) is 15.9 Å². The molecule has 0 saturated heterocycles. The van der Waals surface area contributed by atoms with Crippen LogP contribution in [-0.4, -0.2) is 13.0 Å². The predicted molar refractivity (Wildman–Crippen MR) is 80.1 cm³/mol. The van der Waals surface area contributed by atoms with Gasteiger partial charge in [-0.3, -0.25) is 4.79 Å². The second kappa shape index (κ2) is 5.92. The minimum absolute atomic E-state index is 0.115. The summed E-state index contributed by atoms with van der Waals surface area (Å²) in [4.78, 5) is 12.1. The van der Waals surface area contributed by atoms with Crippen LogP contribution in [0.5, 0.6) is 0 Å². The molecule has 0 aromatic heterocycles. The summed E-state index contributed by atoms with van der Waals surface area (Å²) in [6.45, 7) is 1.60. The molecule has 0 aliphatic heterocycles. The first-order valence-electron chi connectivity index (χ1n) is 6.06. The smallest absolute Gasteiger partial charge is 0.257 e. The Morgan fingerprint density at radius 1 is 1.20 bits per heavy atom. The zero-order chi connectivity index (χ0) is 14.7. The quantitative estimate of drug-likeness (QED) is 0.895. The molecule has 0 aliphatic rings. The highest BCUT2D eigenvalue weighted by Crippen LogP contribution is 2.22. The second-order valence-electron chi connectivity index (χ2n) is 4.37. The van der Waals surface area contributed by atoms with E-state index in [1.54, 1.807) is 32.2 Å². The standard InChI is InChI=1S/C15H14ClFN2O/c1-9-6-13(16)12(8-14(9)17)15(20)19-11-5-3-4-10(7-11)18-2/h3-8,18H,1-2H3,(H,19,20). The molecule has 3 nitrogen and oxygen atoms in total. The lowest BCUT2D eigenvalue weighted by Gasteiger charge is -2.09. The van der Waals surface area contributed by atoms with Crippen molar-refractivity contribution in [1.29, 1.82) is 0 Å². The highest BCUT2D eigenvalue weighted by Gasteiger charge is 2.13. The molecule has 104 valence electrons. The fraction of sp³-hybridized carbons (Fsp3) is 0.133. The SMILES string of the molecule is CNc1cccc(NC(=O)c2cc(F)c(C)cc2Cl)c1. The Bertz CT molecular complexity index is 658. The van der Waals surface area contributed by atoms with Gasteiger partial charge in [0.1, 0.15) is 5.82 Å². The van der Waals surface area contributed by atoms with E-state index in [-0.39, 0.29) is 10.6 Å². The predicted octanol–water partition coefficient (Wildman–Crippen LogP) is 4.08. The molecule has 1 amide bonds. The number of hydrogen-bond acceptors (Lipinski definition) is 2.